The van der Waals surface area contributed by atoms with Crippen molar-refractivity contribution in [1.82, 2.24) is 0 Å². The summed E-state index contributed by atoms with van der Waals surface area (Å²) in [4.78, 5) is 63.5. The molecular weight excluding hydrogens is 524 g/mol. The molecule has 0 saturated heterocycles. The minimum atomic E-state index is -1.54. The molecule has 3 aromatic rings. The molecule has 0 saturated carbocycles. The minimum absolute atomic E-state index is 0.00125. The highest BCUT2D eigenvalue weighted by molar-refractivity contribution is 6.32. The molecule has 2 aliphatic rings. The quantitative estimate of drug-likeness (QED) is 0.269. The van der Waals surface area contributed by atoms with Gasteiger partial charge >= 0.3 is 11.9 Å². The Balaban J connectivity index is 1.94. The number of hydrogen-bond donors (Lipinski definition) is 4. The summed E-state index contributed by atoms with van der Waals surface area (Å²) in [5, 5.41) is 43.2. The molecule has 40 heavy (non-hydrogen) atoms. The number of fused-ring (bicyclic) bond motifs is 5. The highest BCUT2D eigenvalue weighted by Gasteiger charge is 2.44. The maximum atomic E-state index is 13.7. The molecule has 0 fully saturated rings. The molecule has 11 nitrogen and oxygen atoms in total. The predicted molar refractivity (Wildman–Crippen MR) is 136 cm³/mol. The average Bonchev–Trinajstić information content (AvgIpc) is 2.86. The van der Waals surface area contributed by atoms with Gasteiger partial charge in [0.2, 0.25) is 5.78 Å². The number of carboxylic acids is 1. The standard InChI is InChI=1S/C29H22O11/c1-10(30)7-12-8-13-9-16(40-11(2)31)20-21(17(13)25(34)18(12)29(37)38)27(36)22-23(28(20)39-3)26(35)19-14(24(22)33)5-4-6-15(19)32/h4-6,8,16,32,34,36H,7,9H2,1-3H3,(H,37,38)/t16-/m0/s1. The first kappa shape index (κ1) is 26.4. The lowest BCUT2D eigenvalue weighted by Gasteiger charge is -2.33. The number of methoxy groups -OCH3 is 1. The van der Waals surface area contributed by atoms with Crippen molar-refractivity contribution in [3.63, 3.8) is 0 Å². The zero-order valence-corrected chi connectivity index (χ0v) is 21.4. The van der Waals surface area contributed by atoms with Crippen molar-refractivity contribution in [3.05, 3.63) is 68.8 Å². The van der Waals surface area contributed by atoms with E-state index >= 15 is 0 Å². The van der Waals surface area contributed by atoms with Gasteiger partial charge in [0.15, 0.2) is 5.78 Å². The predicted octanol–water partition coefficient (Wildman–Crippen LogP) is 3.24. The van der Waals surface area contributed by atoms with Crippen LogP contribution in [-0.4, -0.2) is 56.8 Å². The molecule has 11 heteroatoms. The Morgan fingerprint density at radius 1 is 0.925 bits per heavy atom. The number of benzene rings is 3. The van der Waals surface area contributed by atoms with Crippen LogP contribution in [0.4, 0.5) is 0 Å². The lowest BCUT2D eigenvalue weighted by molar-refractivity contribution is -0.146. The number of ether oxygens (including phenoxy) is 2. The van der Waals surface area contributed by atoms with Gasteiger partial charge in [-0.25, -0.2) is 4.79 Å². The SMILES string of the molecule is COc1c2c(c(O)c3c1[C@@H](OC(C)=O)Cc1cc(CC(C)=O)c(C(=O)O)c(O)c1-3)C(=O)c1cccc(O)c1C2=O. The van der Waals surface area contributed by atoms with Crippen LogP contribution in [0.1, 0.15) is 78.8 Å². The molecular formula is C29H22O11. The van der Waals surface area contributed by atoms with Gasteiger partial charge in [-0.3, -0.25) is 19.2 Å². The van der Waals surface area contributed by atoms with E-state index in [0.29, 0.717) is 0 Å². The first-order chi connectivity index (χ1) is 18.9. The van der Waals surface area contributed by atoms with E-state index in [1.807, 2.05) is 0 Å². The van der Waals surface area contributed by atoms with E-state index < -0.39 is 58.0 Å². The Hall–Kier alpha value is -5.19. The molecule has 0 radical (unpaired) electrons. The van der Waals surface area contributed by atoms with Gasteiger partial charge in [-0.15, -0.1) is 0 Å². The number of aromatic carboxylic acids is 1. The fourth-order valence-electron chi connectivity index (χ4n) is 5.64. The van der Waals surface area contributed by atoms with E-state index in [9.17, 15) is 44.4 Å². The molecule has 0 aromatic heterocycles. The van der Waals surface area contributed by atoms with E-state index in [2.05, 4.69) is 0 Å². The monoisotopic (exact) mass is 546 g/mol. The van der Waals surface area contributed by atoms with Crippen LogP contribution < -0.4 is 4.74 Å². The van der Waals surface area contributed by atoms with Crippen molar-refractivity contribution in [1.29, 1.82) is 0 Å². The lowest BCUT2D eigenvalue weighted by atomic mass is 9.74. The Bertz CT molecular complexity index is 1710. The number of esters is 1. The molecule has 0 unspecified atom stereocenters. The third-order valence-corrected chi connectivity index (χ3v) is 7.04. The molecule has 0 heterocycles. The van der Waals surface area contributed by atoms with Crippen LogP contribution in [0.2, 0.25) is 0 Å². The molecule has 204 valence electrons. The number of carbonyl (C=O) groups excluding carboxylic acids is 4. The summed E-state index contributed by atoms with van der Waals surface area (Å²) in [5.74, 6) is -6.60. The Kier molecular flexibility index (Phi) is 6.09. The largest absolute Gasteiger partial charge is 0.507 e. The summed E-state index contributed by atoms with van der Waals surface area (Å²) >= 11 is 0. The number of Topliss-reactive ketones (excluding diaryl/α,β-unsaturated/α-hetero) is 1. The summed E-state index contributed by atoms with van der Waals surface area (Å²) in [6.07, 6.45) is -1.68. The fourth-order valence-corrected chi connectivity index (χ4v) is 5.64. The number of carboxylic acid groups (broad SMARTS) is 1. The van der Waals surface area contributed by atoms with Gasteiger partial charge in [0.25, 0.3) is 0 Å². The van der Waals surface area contributed by atoms with E-state index in [-0.39, 0.29) is 68.9 Å². The van der Waals surface area contributed by atoms with E-state index in [1.54, 1.807) is 0 Å². The maximum absolute atomic E-state index is 13.7. The second kappa shape index (κ2) is 9.23. The molecule has 2 aliphatic carbocycles. The lowest BCUT2D eigenvalue weighted by Crippen LogP contribution is -2.26. The highest BCUT2D eigenvalue weighted by Crippen LogP contribution is 2.57. The van der Waals surface area contributed by atoms with Crippen molar-refractivity contribution >= 4 is 29.3 Å². The number of phenolic OH excluding ortho intramolecular Hbond substituents is 2. The maximum Gasteiger partial charge on any atom is 0.339 e. The smallest absolute Gasteiger partial charge is 0.339 e. The van der Waals surface area contributed by atoms with Crippen LogP contribution in [0.3, 0.4) is 0 Å². The van der Waals surface area contributed by atoms with Crippen molar-refractivity contribution in [2.24, 2.45) is 0 Å². The van der Waals surface area contributed by atoms with Gasteiger partial charge in [0.05, 0.1) is 23.8 Å². The summed E-state index contributed by atoms with van der Waals surface area (Å²) in [6, 6.07) is 5.24. The molecule has 0 bridgehead atoms. The van der Waals surface area contributed by atoms with E-state index in [4.69, 9.17) is 9.47 Å². The van der Waals surface area contributed by atoms with E-state index in [0.717, 1.165) is 6.92 Å². The zero-order valence-electron chi connectivity index (χ0n) is 21.4. The molecule has 4 N–H and O–H groups in total. The first-order valence-electron chi connectivity index (χ1n) is 12.0. The zero-order chi connectivity index (χ0) is 29.2. The third-order valence-electron chi connectivity index (χ3n) is 7.04. The molecule has 0 amide bonds. The Morgan fingerprint density at radius 2 is 1.62 bits per heavy atom. The second-order valence-electron chi connectivity index (χ2n) is 9.56. The normalized spacial score (nSPS) is 14.9. The van der Waals surface area contributed by atoms with Crippen molar-refractivity contribution in [2.75, 3.05) is 7.11 Å². The molecule has 1 atom stereocenters. The first-order valence-corrected chi connectivity index (χ1v) is 12.0. The molecule has 3 aromatic carbocycles. The number of rotatable bonds is 5. The van der Waals surface area contributed by atoms with Gasteiger partial charge in [0, 0.05) is 42.0 Å². The number of hydrogen-bond acceptors (Lipinski definition) is 10. The van der Waals surface area contributed by atoms with Gasteiger partial charge in [-0.2, -0.15) is 0 Å². The van der Waals surface area contributed by atoms with Crippen LogP contribution in [0, 0.1) is 0 Å². The van der Waals surface area contributed by atoms with Gasteiger partial charge < -0.3 is 29.9 Å². The van der Waals surface area contributed by atoms with Crippen molar-refractivity contribution in [2.45, 2.75) is 32.8 Å². The fraction of sp³-hybridized carbons (Fsp3) is 0.207. The summed E-state index contributed by atoms with van der Waals surface area (Å²) in [5.41, 5.74) is -2.24. The summed E-state index contributed by atoms with van der Waals surface area (Å²) in [7, 11) is 1.18. The number of ketones is 3. The van der Waals surface area contributed by atoms with Gasteiger partial charge in [0.1, 0.15) is 40.4 Å². The molecule has 5 rings (SSSR count). The Labute approximate surface area is 226 Å². The number of carbonyl (C=O) groups is 5. The third kappa shape index (κ3) is 3.69. The van der Waals surface area contributed by atoms with Gasteiger partial charge in [-0.05, 0) is 24.1 Å². The minimum Gasteiger partial charge on any atom is -0.507 e. The molecule has 0 spiro atoms. The average molecular weight is 546 g/mol. The summed E-state index contributed by atoms with van der Waals surface area (Å²) in [6.45, 7) is 2.38. The van der Waals surface area contributed by atoms with E-state index in [1.165, 1.54) is 38.3 Å². The van der Waals surface area contributed by atoms with Crippen LogP contribution in [0.5, 0.6) is 23.0 Å². The molecule has 0 aliphatic heterocycles. The highest BCUT2D eigenvalue weighted by atomic mass is 16.5. The number of aromatic hydroxyl groups is 3. The van der Waals surface area contributed by atoms with Crippen molar-refractivity contribution < 1.29 is 53.9 Å². The second-order valence-corrected chi connectivity index (χ2v) is 9.56. The van der Waals surface area contributed by atoms with Crippen LogP contribution in [-0.2, 0) is 27.2 Å². The van der Waals surface area contributed by atoms with Crippen LogP contribution in [0.25, 0.3) is 11.1 Å². The van der Waals surface area contributed by atoms with Crippen molar-refractivity contribution in [3.8, 4) is 34.1 Å². The van der Waals surface area contributed by atoms with Gasteiger partial charge in [-0.1, -0.05) is 18.2 Å². The van der Waals surface area contributed by atoms with Crippen LogP contribution in [0.15, 0.2) is 24.3 Å². The summed E-state index contributed by atoms with van der Waals surface area (Å²) < 4.78 is 11.1. The number of phenols is 3. The topological polar surface area (TPSA) is 185 Å². The van der Waals surface area contributed by atoms with Crippen LogP contribution >= 0.6 is 0 Å². The Morgan fingerprint density at radius 3 is 2.23 bits per heavy atom.